The van der Waals surface area contributed by atoms with E-state index in [2.05, 4.69) is 168 Å². The molecular formula is C51H42N4O. The summed E-state index contributed by atoms with van der Waals surface area (Å²) < 4.78 is 9.16. The molecule has 5 aromatic carbocycles. The zero-order valence-electron chi connectivity index (χ0n) is 31.2. The molecule has 1 aliphatic heterocycles. The Morgan fingerprint density at radius 2 is 1.41 bits per heavy atom. The summed E-state index contributed by atoms with van der Waals surface area (Å²) in [5, 5.41) is 7.48. The number of hydrogen-bond donors (Lipinski definition) is 1. The van der Waals surface area contributed by atoms with E-state index in [1.54, 1.807) is 0 Å². The standard InChI is InChI=1S/C51H42N4O/c1-4-13-33(14-5-1)36-19-12-20-38(29-36)50-52-49(35-17-8-3-9-18-35)53-51(54-50)39-24-27-43-44-32-40(25-28-47(44)56-48(43)31-39)55-45-22-11-10-21-41(45)42-26-23-37(30-46(42)55)34-15-6-2-7-16-34/h1-13,15-19,21-24,26-27,30-33,36,38,50H,14,20,25,28-29H2,(H,52,53,54). The number of allylic oxidation sites excluding steroid dienone is 7. The van der Waals surface area contributed by atoms with Crippen molar-refractivity contribution in [3.05, 3.63) is 180 Å². The third-order valence-electron chi connectivity index (χ3n) is 12.3. The van der Waals surface area contributed by atoms with E-state index in [-0.39, 0.29) is 6.17 Å². The summed E-state index contributed by atoms with van der Waals surface area (Å²) in [7, 11) is 0. The molecule has 11 rings (SSSR count). The summed E-state index contributed by atoms with van der Waals surface area (Å²) in [6, 6.07) is 43.3. The predicted octanol–water partition coefficient (Wildman–Crippen LogP) is 12.0. The molecule has 56 heavy (non-hydrogen) atoms. The van der Waals surface area contributed by atoms with Crippen LogP contribution in [0.1, 0.15) is 48.1 Å². The average molecular weight is 727 g/mol. The number of amidine groups is 2. The highest BCUT2D eigenvalue weighted by atomic mass is 16.3. The lowest BCUT2D eigenvalue weighted by Crippen LogP contribution is -2.44. The van der Waals surface area contributed by atoms with Crippen molar-refractivity contribution < 1.29 is 4.42 Å². The molecule has 3 aliphatic carbocycles. The van der Waals surface area contributed by atoms with Crippen molar-refractivity contribution in [1.82, 2.24) is 9.88 Å². The van der Waals surface area contributed by atoms with Crippen LogP contribution in [-0.4, -0.2) is 22.4 Å². The molecule has 0 spiro atoms. The quantitative estimate of drug-likeness (QED) is 0.174. The summed E-state index contributed by atoms with van der Waals surface area (Å²) in [6.45, 7) is 0. The summed E-state index contributed by atoms with van der Waals surface area (Å²) in [5.74, 6) is 4.08. The minimum absolute atomic E-state index is 0.0760. The van der Waals surface area contributed by atoms with Crippen LogP contribution in [0.4, 0.5) is 0 Å². The van der Waals surface area contributed by atoms with E-state index in [1.807, 2.05) is 6.07 Å². The minimum atomic E-state index is -0.0760. The number of benzene rings is 5. The van der Waals surface area contributed by atoms with Gasteiger partial charge in [0, 0.05) is 50.9 Å². The van der Waals surface area contributed by atoms with Crippen LogP contribution in [0.25, 0.3) is 55.7 Å². The summed E-state index contributed by atoms with van der Waals surface area (Å²) in [6.07, 6.45) is 21.0. The van der Waals surface area contributed by atoms with Gasteiger partial charge >= 0.3 is 0 Å². The Hall–Kier alpha value is -6.46. The Morgan fingerprint density at radius 1 is 0.625 bits per heavy atom. The van der Waals surface area contributed by atoms with Gasteiger partial charge in [0.2, 0.25) is 0 Å². The van der Waals surface area contributed by atoms with Gasteiger partial charge in [0.15, 0.2) is 5.84 Å². The van der Waals surface area contributed by atoms with Gasteiger partial charge in [-0.2, -0.15) is 0 Å². The molecule has 0 bridgehead atoms. The molecule has 0 saturated carbocycles. The van der Waals surface area contributed by atoms with E-state index in [9.17, 15) is 0 Å². The van der Waals surface area contributed by atoms with Gasteiger partial charge in [-0.3, -0.25) is 0 Å². The molecule has 7 aromatic rings. The number of furan rings is 1. The molecule has 1 N–H and O–H groups in total. The Labute approximate surface area is 326 Å². The van der Waals surface area contributed by atoms with E-state index in [1.165, 1.54) is 44.2 Å². The molecule has 0 fully saturated rings. The van der Waals surface area contributed by atoms with Crippen LogP contribution in [0.2, 0.25) is 0 Å². The zero-order chi connectivity index (χ0) is 37.0. The van der Waals surface area contributed by atoms with E-state index in [0.29, 0.717) is 17.8 Å². The lowest BCUT2D eigenvalue weighted by atomic mass is 9.76. The second-order valence-corrected chi connectivity index (χ2v) is 15.6. The maximum absolute atomic E-state index is 6.69. The molecular weight excluding hydrogens is 685 g/mol. The Morgan fingerprint density at radius 3 is 2.27 bits per heavy atom. The zero-order valence-corrected chi connectivity index (χ0v) is 31.2. The van der Waals surface area contributed by atoms with Crippen LogP contribution < -0.4 is 5.32 Å². The lowest BCUT2D eigenvalue weighted by molar-refractivity contribution is 0.290. The van der Waals surface area contributed by atoms with Gasteiger partial charge in [-0.25, -0.2) is 9.98 Å². The molecule has 0 amide bonds. The molecule has 3 heterocycles. The van der Waals surface area contributed by atoms with Crippen molar-refractivity contribution in [2.24, 2.45) is 27.7 Å². The number of aliphatic imine (C=N–C) groups is 2. The molecule has 4 atom stereocenters. The fourth-order valence-electron chi connectivity index (χ4n) is 9.42. The van der Waals surface area contributed by atoms with Gasteiger partial charge in [0.05, 0.1) is 11.0 Å². The first kappa shape index (κ1) is 32.9. The number of aromatic nitrogens is 1. The van der Waals surface area contributed by atoms with Gasteiger partial charge in [-0.15, -0.1) is 0 Å². The van der Waals surface area contributed by atoms with Crippen LogP contribution in [0.3, 0.4) is 0 Å². The second kappa shape index (κ2) is 13.7. The average Bonchev–Trinajstić information content (AvgIpc) is 3.81. The van der Waals surface area contributed by atoms with Crippen molar-refractivity contribution in [1.29, 1.82) is 0 Å². The number of nitrogens with zero attached hydrogens (tertiary/aromatic N) is 3. The topological polar surface area (TPSA) is 54.8 Å². The van der Waals surface area contributed by atoms with Gasteiger partial charge in [-0.05, 0) is 79.0 Å². The Balaban J connectivity index is 0.954. The summed E-state index contributed by atoms with van der Waals surface area (Å²) in [4.78, 5) is 10.4. The van der Waals surface area contributed by atoms with Crippen molar-refractivity contribution >= 4 is 56.2 Å². The van der Waals surface area contributed by atoms with Gasteiger partial charge in [0.1, 0.15) is 23.3 Å². The molecule has 4 aliphatic rings. The summed E-state index contributed by atoms with van der Waals surface area (Å²) in [5.41, 5.74) is 10.3. The first-order chi connectivity index (χ1) is 27.7. The SMILES string of the molecule is C1=CCC(C2C=CCC(C3N=C(c4ccccc4)N=C(c4ccc5c6c(oc5c4)CCC(n4c5ccccc5c5ccc(-c7ccccc7)cc54)=C6)N3)C2)C=C1. The molecule has 0 radical (unpaired) electrons. The Kier molecular flexibility index (Phi) is 8.05. The van der Waals surface area contributed by atoms with Crippen LogP contribution in [0, 0.1) is 17.8 Å². The van der Waals surface area contributed by atoms with Crippen LogP contribution in [0.15, 0.2) is 172 Å². The van der Waals surface area contributed by atoms with E-state index in [4.69, 9.17) is 14.4 Å². The van der Waals surface area contributed by atoms with Crippen molar-refractivity contribution in [2.45, 2.75) is 38.3 Å². The van der Waals surface area contributed by atoms with Gasteiger partial charge in [0.25, 0.3) is 0 Å². The maximum atomic E-state index is 6.69. The number of rotatable bonds is 6. The monoisotopic (exact) mass is 726 g/mol. The maximum Gasteiger partial charge on any atom is 0.159 e. The van der Waals surface area contributed by atoms with Crippen molar-refractivity contribution in [2.75, 3.05) is 0 Å². The fourth-order valence-corrected chi connectivity index (χ4v) is 9.42. The first-order valence-corrected chi connectivity index (χ1v) is 20.1. The number of hydrogen-bond acceptors (Lipinski definition) is 4. The lowest BCUT2D eigenvalue weighted by Gasteiger charge is -2.35. The van der Waals surface area contributed by atoms with Crippen LogP contribution >= 0.6 is 0 Å². The molecule has 0 saturated heterocycles. The van der Waals surface area contributed by atoms with Crippen molar-refractivity contribution in [3.8, 4) is 11.1 Å². The van der Waals surface area contributed by atoms with E-state index >= 15 is 0 Å². The smallest absolute Gasteiger partial charge is 0.159 e. The number of nitrogens with one attached hydrogen (secondary N) is 1. The first-order valence-electron chi connectivity index (χ1n) is 20.1. The highest BCUT2D eigenvalue weighted by Gasteiger charge is 2.32. The number of fused-ring (bicyclic) bond motifs is 6. The second-order valence-electron chi connectivity index (χ2n) is 15.6. The highest BCUT2D eigenvalue weighted by molar-refractivity contribution is 6.14. The number of aryl methyl sites for hydroxylation is 1. The van der Waals surface area contributed by atoms with Crippen LogP contribution in [0.5, 0.6) is 0 Å². The minimum Gasteiger partial charge on any atom is -0.460 e. The normalized spacial score (nSPS) is 21.8. The predicted molar refractivity (Wildman–Crippen MR) is 232 cm³/mol. The molecule has 5 nitrogen and oxygen atoms in total. The third-order valence-corrected chi connectivity index (χ3v) is 12.3. The molecule has 2 aromatic heterocycles. The fraction of sp³-hybridized carbons (Fsp3) is 0.176. The molecule has 272 valence electrons. The van der Waals surface area contributed by atoms with Crippen molar-refractivity contribution in [3.63, 3.8) is 0 Å². The Bertz CT molecular complexity index is 2830. The molecule has 5 heteroatoms. The summed E-state index contributed by atoms with van der Waals surface area (Å²) >= 11 is 0. The third kappa shape index (κ3) is 5.77. The van der Waals surface area contributed by atoms with Gasteiger partial charge in [-0.1, -0.05) is 134 Å². The van der Waals surface area contributed by atoms with E-state index < -0.39 is 0 Å². The molecule has 4 unspecified atom stereocenters. The van der Waals surface area contributed by atoms with Crippen LogP contribution in [-0.2, 0) is 6.42 Å². The highest BCUT2D eigenvalue weighted by Crippen LogP contribution is 2.41. The largest absolute Gasteiger partial charge is 0.460 e. The van der Waals surface area contributed by atoms with Gasteiger partial charge < -0.3 is 14.3 Å². The number of para-hydroxylation sites is 1. The van der Waals surface area contributed by atoms with E-state index in [0.717, 1.165) is 71.6 Å².